The van der Waals surface area contributed by atoms with Gasteiger partial charge >= 0.3 is 0 Å². The average molecular weight is 386 g/mol. The first-order valence-corrected chi connectivity index (χ1v) is 8.47. The van der Waals surface area contributed by atoms with Gasteiger partial charge in [0.2, 0.25) is 0 Å². The van der Waals surface area contributed by atoms with Crippen molar-refractivity contribution < 1.29 is 8.42 Å². The van der Waals surface area contributed by atoms with Crippen LogP contribution in [0.4, 0.5) is 5.69 Å². The number of halogens is 2. The standard InChI is InChI=1S/C14H10BrClN2O2S/c1-9-4-11(15)7-12(5-9)18-21(19,20)14-6-10(8-17)2-3-13(14)16/h2-7,18H,1H3. The van der Waals surface area contributed by atoms with E-state index in [1.165, 1.54) is 18.2 Å². The number of sulfonamides is 1. The Morgan fingerprint density at radius 1 is 1.24 bits per heavy atom. The number of nitrogens with zero attached hydrogens (tertiary/aromatic N) is 1. The number of nitrogens with one attached hydrogen (secondary N) is 1. The second kappa shape index (κ2) is 6.06. The lowest BCUT2D eigenvalue weighted by Crippen LogP contribution is -2.13. The summed E-state index contributed by atoms with van der Waals surface area (Å²) in [5.41, 5.74) is 1.55. The topological polar surface area (TPSA) is 70.0 Å². The van der Waals surface area contributed by atoms with Gasteiger partial charge in [-0.2, -0.15) is 5.26 Å². The summed E-state index contributed by atoms with van der Waals surface area (Å²) in [4.78, 5) is -0.124. The van der Waals surface area contributed by atoms with Gasteiger partial charge in [-0.1, -0.05) is 27.5 Å². The summed E-state index contributed by atoms with van der Waals surface area (Å²) in [5.74, 6) is 0. The van der Waals surface area contributed by atoms with Crippen LogP contribution in [-0.2, 0) is 10.0 Å². The van der Waals surface area contributed by atoms with Crippen LogP contribution in [0.2, 0.25) is 5.02 Å². The van der Waals surface area contributed by atoms with Gasteiger partial charge in [0.1, 0.15) is 4.90 Å². The van der Waals surface area contributed by atoms with Crippen molar-refractivity contribution in [2.45, 2.75) is 11.8 Å². The third kappa shape index (κ3) is 3.76. The van der Waals surface area contributed by atoms with Crippen LogP contribution < -0.4 is 4.72 Å². The van der Waals surface area contributed by atoms with E-state index in [1.807, 2.05) is 19.1 Å². The van der Waals surface area contributed by atoms with Crippen LogP contribution in [0.5, 0.6) is 0 Å². The summed E-state index contributed by atoms with van der Waals surface area (Å²) in [7, 11) is -3.86. The van der Waals surface area contributed by atoms with Crippen LogP contribution in [0.25, 0.3) is 0 Å². The molecule has 0 heterocycles. The van der Waals surface area contributed by atoms with Gasteiger partial charge in [0.05, 0.1) is 22.3 Å². The van der Waals surface area contributed by atoms with Gasteiger partial charge in [-0.05, 0) is 48.9 Å². The van der Waals surface area contributed by atoms with Crippen LogP contribution in [0, 0.1) is 18.3 Å². The third-order valence-electron chi connectivity index (χ3n) is 2.64. The predicted octanol–water partition coefficient (Wildman–Crippen LogP) is 4.08. The second-order valence-corrected chi connectivity index (χ2v) is 7.35. The number of aryl methyl sites for hydroxylation is 1. The first-order chi connectivity index (χ1) is 9.81. The molecule has 21 heavy (non-hydrogen) atoms. The molecule has 4 nitrogen and oxygen atoms in total. The summed E-state index contributed by atoms with van der Waals surface area (Å²) in [6.45, 7) is 1.85. The van der Waals surface area contributed by atoms with Crippen LogP contribution in [0.15, 0.2) is 45.8 Å². The molecule has 0 aliphatic rings. The van der Waals surface area contributed by atoms with Crippen molar-refractivity contribution in [3.63, 3.8) is 0 Å². The molecule has 108 valence electrons. The molecule has 2 rings (SSSR count). The summed E-state index contributed by atoms with van der Waals surface area (Å²) in [6, 6.07) is 11.2. The molecule has 0 aromatic heterocycles. The Morgan fingerprint density at radius 3 is 2.57 bits per heavy atom. The van der Waals surface area contributed by atoms with E-state index in [0.29, 0.717) is 5.69 Å². The number of nitriles is 1. The molecule has 0 aliphatic heterocycles. The van der Waals surface area contributed by atoms with Gasteiger partial charge in [0, 0.05) is 4.47 Å². The molecule has 0 unspecified atom stereocenters. The van der Waals surface area contributed by atoms with Crippen molar-refractivity contribution in [1.29, 1.82) is 5.26 Å². The SMILES string of the molecule is Cc1cc(Br)cc(NS(=O)(=O)c2cc(C#N)ccc2Cl)c1. The van der Waals surface area contributed by atoms with E-state index in [1.54, 1.807) is 12.1 Å². The Labute approximate surface area is 136 Å². The molecule has 0 bridgehead atoms. The molecule has 0 atom stereocenters. The summed E-state index contributed by atoms with van der Waals surface area (Å²) in [6.07, 6.45) is 0. The van der Waals surface area contributed by atoms with E-state index in [4.69, 9.17) is 16.9 Å². The molecule has 7 heteroatoms. The summed E-state index contributed by atoms with van der Waals surface area (Å²) >= 11 is 9.24. The van der Waals surface area contributed by atoms with Gasteiger partial charge in [-0.3, -0.25) is 4.72 Å². The first-order valence-electron chi connectivity index (χ1n) is 5.81. The zero-order chi connectivity index (χ0) is 15.6. The molecule has 0 saturated carbocycles. The maximum atomic E-state index is 12.4. The molecule has 0 spiro atoms. The highest BCUT2D eigenvalue weighted by atomic mass is 79.9. The Morgan fingerprint density at radius 2 is 1.95 bits per heavy atom. The number of hydrogen-bond donors (Lipinski definition) is 1. The Kier molecular flexibility index (Phi) is 4.57. The summed E-state index contributed by atoms with van der Waals surface area (Å²) in [5, 5.41) is 8.93. The third-order valence-corrected chi connectivity index (χ3v) is 4.96. The van der Waals surface area contributed by atoms with Gasteiger partial charge in [0.15, 0.2) is 0 Å². The van der Waals surface area contributed by atoms with Gasteiger partial charge in [0.25, 0.3) is 10.0 Å². The lowest BCUT2D eigenvalue weighted by Gasteiger charge is -2.11. The van der Waals surface area contributed by atoms with E-state index >= 15 is 0 Å². The molecule has 1 N–H and O–H groups in total. The largest absolute Gasteiger partial charge is 0.280 e. The van der Waals surface area contributed by atoms with E-state index in [-0.39, 0.29) is 15.5 Å². The minimum absolute atomic E-state index is 0.0632. The molecule has 2 aromatic rings. The van der Waals surface area contributed by atoms with Gasteiger partial charge in [-0.15, -0.1) is 0 Å². The fourth-order valence-electron chi connectivity index (χ4n) is 1.78. The number of hydrogen-bond acceptors (Lipinski definition) is 3. The van der Waals surface area contributed by atoms with E-state index < -0.39 is 10.0 Å². The van der Waals surface area contributed by atoms with Crippen LogP contribution in [0.1, 0.15) is 11.1 Å². The summed E-state index contributed by atoms with van der Waals surface area (Å²) < 4.78 is 28.0. The Bertz CT molecular complexity index is 824. The number of rotatable bonds is 3. The molecule has 0 saturated heterocycles. The van der Waals surface area contributed by atoms with Crippen molar-refractivity contribution in [2.75, 3.05) is 4.72 Å². The average Bonchev–Trinajstić information content (AvgIpc) is 2.37. The van der Waals surface area contributed by atoms with Crippen LogP contribution >= 0.6 is 27.5 Å². The van der Waals surface area contributed by atoms with Crippen LogP contribution in [-0.4, -0.2) is 8.42 Å². The smallest absolute Gasteiger partial charge is 0.263 e. The van der Waals surface area contributed by atoms with E-state index in [0.717, 1.165) is 10.0 Å². The maximum Gasteiger partial charge on any atom is 0.263 e. The molecular weight excluding hydrogens is 376 g/mol. The predicted molar refractivity (Wildman–Crippen MR) is 85.9 cm³/mol. The number of anilines is 1. The lowest BCUT2D eigenvalue weighted by molar-refractivity contribution is 0.601. The zero-order valence-corrected chi connectivity index (χ0v) is 14.1. The second-order valence-electron chi connectivity index (χ2n) is 4.38. The minimum atomic E-state index is -3.86. The minimum Gasteiger partial charge on any atom is -0.280 e. The molecular formula is C14H10BrClN2O2S. The fraction of sp³-hybridized carbons (Fsp3) is 0.0714. The molecule has 0 amide bonds. The fourth-order valence-corrected chi connectivity index (χ4v) is 3.96. The highest BCUT2D eigenvalue weighted by molar-refractivity contribution is 9.10. The van der Waals surface area contributed by atoms with Crippen LogP contribution in [0.3, 0.4) is 0 Å². The van der Waals surface area contributed by atoms with Crippen molar-refractivity contribution in [2.24, 2.45) is 0 Å². The highest BCUT2D eigenvalue weighted by Gasteiger charge is 2.19. The molecule has 0 fully saturated rings. The molecule has 0 aliphatic carbocycles. The van der Waals surface area contributed by atoms with Crippen molar-refractivity contribution in [1.82, 2.24) is 0 Å². The highest BCUT2D eigenvalue weighted by Crippen LogP contribution is 2.26. The zero-order valence-electron chi connectivity index (χ0n) is 10.9. The van der Waals surface area contributed by atoms with E-state index in [2.05, 4.69) is 20.7 Å². The van der Waals surface area contributed by atoms with E-state index in [9.17, 15) is 8.42 Å². The molecule has 2 aromatic carbocycles. The quantitative estimate of drug-likeness (QED) is 0.865. The normalized spacial score (nSPS) is 11.0. The Hall–Kier alpha value is -1.55. The maximum absolute atomic E-state index is 12.4. The molecule has 0 radical (unpaired) electrons. The first kappa shape index (κ1) is 15.8. The Balaban J connectivity index is 2.45. The van der Waals surface area contributed by atoms with Crippen molar-refractivity contribution in [3.05, 3.63) is 57.0 Å². The monoisotopic (exact) mass is 384 g/mol. The van der Waals surface area contributed by atoms with Crippen molar-refractivity contribution >= 4 is 43.2 Å². The van der Waals surface area contributed by atoms with Gasteiger partial charge < -0.3 is 0 Å². The number of benzene rings is 2. The lowest BCUT2D eigenvalue weighted by atomic mass is 10.2. The van der Waals surface area contributed by atoms with Gasteiger partial charge in [-0.25, -0.2) is 8.42 Å². The van der Waals surface area contributed by atoms with Crippen molar-refractivity contribution in [3.8, 4) is 6.07 Å².